The van der Waals surface area contributed by atoms with Gasteiger partial charge >= 0.3 is 0 Å². The normalized spacial score (nSPS) is 10.7. The second kappa shape index (κ2) is 5.77. The molecule has 2 aromatic rings. The van der Waals surface area contributed by atoms with Crippen LogP contribution in [0, 0.1) is 11.6 Å². The lowest BCUT2D eigenvalue weighted by atomic mass is 10.2. The second-order valence-corrected chi connectivity index (χ2v) is 4.54. The number of hydrogen-bond acceptors (Lipinski definition) is 3. The van der Waals surface area contributed by atoms with Gasteiger partial charge in [0.05, 0.1) is 11.8 Å². The first kappa shape index (κ1) is 14.1. The molecule has 0 aliphatic heterocycles. The van der Waals surface area contributed by atoms with Crippen molar-refractivity contribution in [2.45, 2.75) is 20.0 Å². The Kier molecular flexibility index (Phi) is 4.08. The first-order valence-corrected chi connectivity index (χ1v) is 6.15. The molecule has 20 heavy (non-hydrogen) atoms. The zero-order valence-electron chi connectivity index (χ0n) is 11.2. The molecule has 106 valence electrons. The number of nitrogen functional groups attached to an aromatic ring is 1. The molecule has 2 N–H and O–H groups in total. The summed E-state index contributed by atoms with van der Waals surface area (Å²) in [5.41, 5.74) is 6.22. The number of ether oxygens (including phenoxy) is 2. The quantitative estimate of drug-likeness (QED) is 0.856. The molecule has 0 saturated heterocycles. The van der Waals surface area contributed by atoms with Crippen molar-refractivity contribution in [3.63, 3.8) is 0 Å². The van der Waals surface area contributed by atoms with Crippen molar-refractivity contribution < 1.29 is 18.3 Å². The predicted octanol–water partition coefficient (Wildman–Crippen LogP) is 4.13. The van der Waals surface area contributed by atoms with Crippen molar-refractivity contribution in [3.8, 4) is 17.2 Å². The van der Waals surface area contributed by atoms with Gasteiger partial charge in [0.25, 0.3) is 0 Å². The fraction of sp³-hybridized carbons (Fsp3) is 0.200. The Labute approximate surface area is 115 Å². The number of benzene rings is 2. The average Bonchev–Trinajstić information content (AvgIpc) is 2.37. The van der Waals surface area contributed by atoms with Crippen molar-refractivity contribution in [2.24, 2.45) is 0 Å². The van der Waals surface area contributed by atoms with Gasteiger partial charge in [-0.05, 0) is 38.1 Å². The number of anilines is 1. The van der Waals surface area contributed by atoms with Crippen LogP contribution < -0.4 is 15.2 Å². The lowest BCUT2D eigenvalue weighted by molar-refractivity contribution is 0.243. The van der Waals surface area contributed by atoms with Crippen LogP contribution in [0.3, 0.4) is 0 Å². The molecule has 0 fully saturated rings. The van der Waals surface area contributed by atoms with E-state index in [1.807, 2.05) is 13.8 Å². The van der Waals surface area contributed by atoms with Gasteiger partial charge in [0, 0.05) is 12.1 Å². The van der Waals surface area contributed by atoms with Gasteiger partial charge in [-0.25, -0.2) is 8.78 Å². The van der Waals surface area contributed by atoms with Gasteiger partial charge in [0.1, 0.15) is 17.3 Å². The van der Waals surface area contributed by atoms with Crippen LogP contribution in [0.4, 0.5) is 14.5 Å². The van der Waals surface area contributed by atoms with Gasteiger partial charge in [-0.15, -0.1) is 0 Å². The minimum atomic E-state index is -0.644. The summed E-state index contributed by atoms with van der Waals surface area (Å²) in [7, 11) is 0. The van der Waals surface area contributed by atoms with E-state index >= 15 is 0 Å². The maximum atomic E-state index is 13.5. The molecule has 0 atom stereocenters. The van der Waals surface area contributed by atoms with Gasteiger partial charge in [0.2, 0.25) is 0 Å². The minimum Gasteiger partial charge on any atom is -0.489 e. The van der Waals surface area contributed by atoms with E-state index in [-0.39, 0.29) is 11.9 Å². The van der Waals surface area contributed by atoms with Gasteiger partial charge < -0.3 is 15.2 Å². The van der Waals surface area contributed by atoms with E-state index in [0.29, 0.717) is 17.2 Å². The highest BCUT2D eigenvalue weighted by atomic mass is 19.1. The number of rotatable bonds is 4. The summed E-state index contributed by atoms with van der Waals surface area (Å²) in [6, 6.07) is 7.71. The molecule has 0 aromatic heterocycles. The summed E-state index contributed by atoms with van der Waals surface area (Å²) < 4.78 is 37.4. The molecule has 0 spiro atoms. The topological polar surface area (TPSA) is 44.5 Å². The Bertz CT molecular complexity index is 615. The Morgan fingerprint density at radius 1 is 1.00 bits per heavy atom. The molecule has 0 aliphatic rings. The Hall–Kier alpha value is -2.30. The molecule has 0 amide bonds. The summed E-state index contributed by atoms with van der Waals surface area (Å²) in [5.74, 6) is -0.649. The Morgan fingerprint density at radius 2 is 1.75 bits per heavy atom. The largest absolute Gasteiger partial charge is 0.489 e. The van der Waals surface area contributed by atoms with E-state index in [0.717, 1.165) is 18.2 Å². The molecule has 0 radical (unpaired) electrons. The third kappa shape index (κ3) is 3.38. The van der Waals surface area contributed by atoms with E-state index < -0.39 is 11.6 Å². The smallest absolute Gasteiger partial charge is 0.165 e. The van der Waals surface area contributed by atoms with Crippen LogP contribution in [0.1, 0.15) is 13.8 Å². The summed E-state index contributed by atoms with van der Waals surface area (Å²) >= 11 is 0. The summed E-state index contributed by atoms with van der Waals surface area (Å²) in [6.07, 6.45) is -0.0570. The first-order chi connectivity index (χ1) is 9.45. The summed E-state index contributed by atoms with van der Waals surface area (Å²) in [4.78, 5) is 0. The SMILES string of the molecule is CC(C)Oc1cc(Oc2cc(F)ccc2F)ccc1N. The van der Waals surface area contributed by atoms with Crippen molar-refractivity contribution >= 4 is 5.69 Å². The molecule has 3 nitrogen and oxygen atoms in total. The molecule has 2 rings (SSSR count). The molecule has 5 heteroatoms. The third-order valence-electron chi connectivity index (χ3n) is 2.47. The zero-order chi connectivity index (χ0) is 14.7. The fourth-order valence-corrected chi connectivity index (χ4v) is 1.62. The standard InChI is InChI=1S/C15H15F2NO2/c1-9(2)19-15-8-11(4-6-13(15)18)20-14-7-10(16)3-5-12(14)17/h3-9H,18H2,1-2H3. The maximum Gasteiger partial charge on any atom is 0.165 e. The maximum absolute atomic E-state index is 13.5. The fourth-order valence-electron chi connectivity index (χ4n) is 1.62. The summed E-state index contributed by atoms with van der Waals surface area (Å²) in [5, 5.41) is 0. The van der Waals surface area contributed by atoms with E-state index in [1.165, 1.54) is 0 Å². The van der Waals surface area contributed by atoms with Gasteiger partial charge in [0.15, 0.2) is 11.6 Å². The molecule has 0 aliphatic carbocycles. The molecular weight excluding hydrogens is 264 g/mol. The van der Waals surface area contributed by atoms with Crippen LogP contribution in [0.2, 0.25) is 0 Å². The Morgan fingerprint density at radius 3 is 2.45 bits per heavy atom. The highest BCUT2D eigenvalue weighted by Gasteiger charge is 2.09. The van der Waals surface area contributed by atoms with E-state index in [2.05, 4.69) is 0 Å². The molecule has 0 bridgehead atoms. The number of hydrogen-bond donors (Lipinski definition) is 1. The van der Waals surface area contributed by atoms with Crippen molar-refractivity contribution in [1.29, 1.82) is 0 Å². The molecule has 2 aromatic carbocycles. The van der Waals surface area contributed by atoms with Crippen LogP contribution in [0.25, 0.3) is 0 Å². The van der Waals surface area contributed by atoms with Gasteiger partial charge in [-0.3, -0.25) is 0 Å². The van der Waals surface area contributed by atoms with E-state index in [4.69, 9.17) is 15.2 Å². The number of halogens is 2. The van der Waals surface area contributed by atoms with Crippen LogP contribution in [0.5, 0.6) is 17.2 Å². The van der Waals surface area contributed by atoms with Crippen molar-refractivity contribution in [3.05, 3.63) is 48.0 Å². The van der Waals surface area contributed by atoms with E-state index in [1.54, 1.807) is 18.2 Å². The molecule has 0 saturated carbocycles. The van der Waals surface area contributed by atoms with Crippen LogP contribution in [-0.2, 0) is 0 Å². The zero-order valence-corrected chi connectivity index (χ0v) is 11.2. The highest BCUT2D eigenvalue weighted by Crippen LogP contribution is 2.31. The van der Waals surface area contributed by atoms with Gasteiger partial charge in [-0.1, -0.05) is 0 Å². The molecular formula is C15H15F2NO2. The first-order valence-electron chi connectivity index (χ1n) is 6.15. The lowest BCUT2D eigenvalue weighted by Crippen LogP contribution is -2.07. The Balaban J connectivity index is 2.27. The number of nitrogens with two attached hydrogens (primary N) is 1. The molecule has 0 heterocycles. The van der Waals surface area contributed by atoms with Crippen molar-refractivity contribution in [2.75, 3.05) is 5.73 Å². The summed E-state index contributed by atoms with van der Waals surface area (Å²) in [6.45, 7) is 3.72. The monoisotopic (exact) mass is 279 g/mol. The van der Waals surface area contributed by atoms with Crippen LogP contribution >= 0.6 is 0 Å². The minimum absolute atomic E-state index is 0.0570. The van der Waals surface area contributed by atoms with Crippen molar-refractivity contribution in [1.82, 2.24) is 0 Å². The third-order valence-corrected chi connectivity index (χ3v) is 2.47. The second-order valence-electron chi connectivity index (χ2n) is 4.54. The molecule has 0 unspecified atom stereocenters. The van der Waals surface area contributed by atoms with Gasteiger partial charge in [-0.2, -0.15) is 0 Å². The average molecular weight is 279 g/mol. The lowest BCUT2D eigenvalue weighted by Gasteiger charge is -2.14. The van der Waals surface area contributed by atoms with Crippen LogP contribution in [0.15, 0.2) is 36.4 Å². The predicted molar refractivity (Wildman–Crippen MR) is 73.1 cm³/mol. The van der Waals surface area contributed by atoms with E-state index in [9.17, 15) is 8.78 Å². The van der Waals surface area contributed by atoms with Crippen LogP contribution in [-0.4, -0.2) is 6.10 Å². The highest BCUT2D eigenvalue weighted by molar-refractivity contribution is 5.56.